The van der Waals surface area contributed by atoms with Crippen molar-refractivity contribution in [3.8, 4) is 0 Å². The van der Waals surface area contributed by atoms with Gasteiger partial charge >= 0.3 is 0 Å². The predicted octanol–water partition coefficient (Wildman–Crippen LogP) is 1.42. The van der Waals surface area contributed by atoms with Gasteiger partial charge in [-0.1, -0.05) is 11.6 Å². The van der Waals surface area contributed by atoms with E-state index in [1.54, 1.807) is 0 Å². The van der Waals surface area contributed by atoms with E-state index < -0.39 is 0 Å². The van der Waals surface area contributed by atoms with Gasteiger partial charge < -0.3 is 4.89 Å². The van der Waals surface area contributed by atoms with Crippen LogP contribution >= 0.6 is 20.4 Å². The van der Waals surface area contributed by atoms with Crippen LogP contribution in [-0.2, 0) is 14.4 Å². The largest absolute Gasteiger partial charge is 0.340 e. The first kappa shape index (κ1) is 6.02. The lowest BCUT2D eigenvalue weighted by molar-refractivity contribution is -0.145. The number of halogens is 1. The first-order valence-electron chi connectivity index (χ1n) is 1.74. The summed E-state index contributed by atoms with van der Waals surface area (Å²) in [5.41, 5.74) is -0.280. The summed E-state index contributed by atoms with van der Waals surface area (Å²) in [7, 11) is 0.130. The number of carbonyl (C=O) groups is 1. The van der Waals surface area contributed by atoms with E-state index in [4.69, 9.17) is 11.6 Å². The second-order valence-corrected chi connectivity index (χ2v) is 2.18. The molecule has 0 amide bonds. The number of hydrogen-bond acceptors (Lipinski definition) is 3. The molecule has 1 heterocycles. The quantitative estimate of drug-likeness (QED) is 0.388. The summed E-state index contributed by atoms with van der Waals surface area (Å²) in [6, 6.07) is 0. The summed E-state index contributed by atoms with van der Waals surface area (Å²) in [4.78, 5) is 14.6. The first-order chi connectivity index (χ1) is 3.80. The Morgan fingerprint density at radius 3 is 2.88 bits per heavy atom. The molecule has 0 aromatic rings. The Morgan fingerprint density at radius 2 is 2.50 bits per heavy atom. The molecule has 0 unspecified atom stereocenters. The SMILES string of the molecule is O=C1[P]OOC=C1Cl. The maximum Gasteiger partial charge on any atom is 0.237 e. The third kappa shape index (κ3) is 1.19. The number of carbonyl (C=O) groups excluding carboxylic acids is 1. The normalized spacial score (nSPS) is 22.6. The fourth-order valence-electron chi connectivity index (χ4n) is 0.213. The lowest BCUT2D eigenvalue weighted by Crippen LogP contribution is -1.96. The van der Waals surface area contributed by atoms with Gasteiger partial charge in [0.2, 0.25) is 14.3 Å². The lowest BCUT2D eigenvalue weighted by Gasteiger charge is -2.02. The minimum absolute atomic E-state index is 0.0675. The minimum Gasteiger partial charge on any atom is -0.340 e. The Hall–Kier alpha value is -0.110. The van der Waals surface area contributed by atoms with Crippen LogP contribution in [-0.4, -0.2) is 5.52 Å². The van der Waals surface area contributed by atoms with Crippen molar-refractivity contribution in [2.75, 3.05) is 0 Å². The van der Waals surface area contributed by atoms with Crippen molar-refractivity contribution < 1.29 is 14.4 Å². The number of allylic oxidation sites excluding steroid dienone is 1. The molecular weight excluding hydrogens is 150 g/mol. The standard InChI is InChI=1S/C3HClO3P/c4-2-1-6-7-8-3(2)5/h1H. The van der Waals surface area contributed by atoms with Crippen molar-refractivity contribution in [3.05, 3.63) is 11.3 Å². The monoisotopic (exact) mass is 151 g/mol. The smallest absolute Gasteiger partial charge is 0.237 e. The summed E-state index contributed by atoms with van der Waals surface area (Å²) >= 11 is 5.27. The van der Waals surface area contributed by atoms with Crippen molar-refractivity contribution >= 4 is 25.9 Å². The second kappa shape index (κ2) is 2.44. The molecule has 0 bridgehead atoms. The highest BCUT2D eigenvalue weighted by Gasteiger charge is 2.14. The maximum absolute atomic E-state index is 10.4. The van der Waals surface area contributed by atoms with Gasteiger partial charge in [0.25, 0.3) is 0 Å². The van der Waals surface area contributed by atoms with E-state index in [0.717, 1.165) is 6.26 Å². The summed E-state index contributed by atoms with van der Waals surface area (Å²) in [6.07, 6.45) is 1.06. The zero-order valence-electron chi connectivity index (χ0n) is 3.63. The molecule has 1 aliphatic rings. The molecule has 1 rings (SSSR count). The predicted molar refractivity (Wildman–Crippen MR) is 28.0 cm³/mol. The van der Waals surface area contributed by atoms with Crippen LogP contribution < -0.4 is 0 Å². The molecule has 0 aliphatic carbocycles. The van der Waals surface area contributed by atoms with E-state index in [0.29, 0.717) is 0 Å². The molecule has 43 valence electrons. The number of hydrogen-bond donors (Lipinski definition) is 0. The summed E-state index contributed by atoms with van der Waals surface area (Å²) in [5.74, 6) is 0. The van der Waals surface area contributed by atoms with Crippen molar-refractivity contribution in [1.82, 2.24) is 0 Å². The average molecular weight is 151 g/mol. The van der Waals surface area contributed by atoms with Crippen LogP contribution in [0, 0.1) is 0 Å². The van der Waals surface area contributed by atoms with Crippen molar-refractivity contribution in [2.45, 2.75) is 0 Å². The zero-order valence-corrected chi connectivity index (χ0v) is 5.28. The van der Waals surface area contributed by atoms with Crippen molar-refractivity contribution in [3.63, 3.8) is 0 Å². The Morgan fingerprint density at radius 1 is 1.75 bits per heavy atom. The van der Waals surface area contributed by atoms with Crippen molar-refractivity contribution in [2.24, 2.45) is 0 Å². The fourth-order valence-corrected chi connectivity index (χ4v) is 0.647. The van der Waals surface area contributed by atoms with E-state index in [1.807, 2.05) is 0 Å². The van der Waals surface area contributed by atoms with Crippen LogP contribution in [0.3, 0.4) is 0 Å². The average Bonchev–Trinajstić information content (AvgIpc) is 1.77. The molecule has 0 saturated carbocycles. The highest BCUT2D eigenvalue weighted by molar-refractivity contribution is 7.54. The highest BCUT2D eigenvalue weighted by Crippen LogP contribution is 2.26. The lowest BCUT2D eigenvalue weighted by atomic mass is 10.7. The van der Waals surface area contributed by atoms with Gasteiger partial charge in [-0.2, -0.15) is 4.67 Å². The zero-order chi connectivity index (χ0) is 5.98. The molecule has 0 saturated heterocycles. The van der Waals surface area contributed by atoms with Gasteiger partial charge in [-0.25, -0.2) is 0 Å². The second-order valence-electron chi connectivity index (χ2n) is 1.03. The van der Waals surface area contributed by atoms with E-state index >= 15 is 0 Å². The Bertz CT molecular complexity index is 143. The van der Waals surface area contributed by atoms with Gasteiger partial charge in [0.15, 0.2) is 6.26 Å². The Labute approximate surface area is 52.4 Å². The van der Waals surface area contributed by atoms with Crippen molar-refractivity contribution in [1.29, 1.82) is 0 Å². The Kier molecular flexibility index (Phi) is 1.84. The minimum atomic E-state index is -0.280. The number of rotatable bonds is 0. The van der Waals surface area contributed by atoms with Crippen LogP contribution in [0.4, 0.5) is 0 Å². The molecule has 0 fully saturated rings. The van der Waals surface area contributed by atoms with Crippen LogP contribution in [0.25, 0.3) is 0 Å². The summed E-state index contributed by atoms with van der Waals surface area (Å²) in [5, 5.41) is 0.0675. The molecule has 1 aliphatic heterocycles. The molecular formula is C3HClO3P. The summed E-state index contributed by atoms with van der Waals surface area (Å²) < 4.78 is 4.21. The highest BCUT2D eigenvalue weighted by atomic mass is 35.5. The maximum atomic E-state index is 10.4. The van der Waals surface area contributed by atoms with Crippen LogP contribution in [0.15, 0.2) is 11.3 Å². The molecule has 0 aromatic carbocycles. The topological polar surface area (TPSA) is 35.5 Å². The molecule has 3 nitrogen and oxygen atoms in total. The van der Waals surface area contributed by atoms with Crippen LogP contribution in [0.5, 0.6) is 0 Å². The molecule has 0 N–H and O–H groups in total. The van der Waals surface area contributed by atoms with Crippen LogP contribution in [0.1, 0.15) is 0 Å². The van der Waals surface area contributed by atoms with Gasteiger partial charge in [-0.15, -0.1) is 0 Å². The van der Waals surface area contributed by atoms with E-state index in [-0.39, 0.29) is 19.4 Å². The van der Waals surface area contributed by atoms with Gasteiger partial charge in [-0.3, -0.25) is 4.79 Å². The summed E-state index contributed by atoms with van der Waals surface area (Å²) in [6.45, 7) is 0. The third-order valence-corrected chi connectivity index (χ3v) is 1.48. The van der Waals surface area contributed by atoms with E-state index in [1.165, 1.54) is 0 Å². The molecule has 0 atom stereocenters. The van der Waals surface area contributed by atoms with Gasteiger partial charge in [0, 0.05) is 0 Å². The fraction of sp³-hybridized carbons (Fsp3) is 0. The third-order valence-electron chi connectivity index (χ3n) is 0.519. The molecule has 1 radical (unpaired) electrons. The van der Waals surface area contributed by atoms with Gasteiger partial charge in [0.05, 0.1) is 0 Å². The van der Waals surface area contributed by atoms with Crippen LogP contribution in [0.2, 0.25) is 0 Å². The first-order valence-corrected chi connectivity index (χ1v) is 2.93. The molecule has 0 spiro atoms. The van der Waals surface area contributed by atoms with E-state index in [9.17, 15) is 4.79 Å². The van der Waals surface area contributed by atoms with Gasteiger partial charge in [0.1, 0.15) is 5.03 Å². The Balaban J connectivity index is 2.67. The molecule has 0 aromatic heterocycles. The molecule has 8 heavy (non-hydrogen) atoms. The molecule has 5 heteroatoms. The van der Waals surface area contributed by atoms with Gasteiger partial charge in [-0.05, 0) is 0 Å². The van der Waals surface area contributed by atoms with E-state index in [2.05, 4.69) is 9.56 Å².